The summed E-state index contributed by atoms with van der Waals surface area (Å²) in [6.45, 7) is 5.89. The van der Waals surface area contributed by atoms with Gasteiger partial charge in [0.2, 0.25) is 0 Å². The van der Waals surface area contributed by atoms with E-state index in [9.17, 15) is 9.59 Å². The van der Waals surface area contributed by atoms with E-state index >= 15 is 0 Å². The number of nitrogens with two attached hydrogens (primary N) is 1. The Morgan fingerprint density at radius 3 is 2.53 bits per heavy atom. The highest BCUT2D eigenvalue weighted by Crippen LogP contribution is 2.21. The summed E-state index contributed by atoms with van der Waals surface area (Å²) < 4.78 is 0. The van der Waals surface area contributed by atoms with E-state index in [0.717, 1.165) is 12.8 Å². The van der Waals surface area contributed by atoms with Crippen molar-refractivity contribution in [1.29, 1.82) is 0 Å². The molecule has 0 aromatic carbocycles. The topological polar surface area (TPSA) is 84.7 Å². The normalized spacial score (nSPS) is 22.0. The molecule has 1 saturated heterocycles. The lowest BCUT2D eigenvalue weighted by Gasteiger charge is -2.33. The van der Waals surface area contributed by atoms with Gasteiger partial charge in [0.05, 0.1) is 5.41 Å². The summed E-state index contributed by atoms with van der Waals surface area (Å²) >= 11 is 0. The minimum Gasteiger partial charge on any atom is -0.367 e. The molecule has 1 aliphatic rings. The van der Waals surface area contributed by atoms with Crippen LogP contribution in [0.4, 0.5) is 0 Å². The zero-order valence-corrected chi connectivity index (χ0v) is 10.7. The highest BCUT2D eigenvalue weighted by atomic mass is 16.7. The maximum absolute atomic E-state index is 11.8. The van der Waals surface area contributed by atoms with Crippen molar-refractivity contribution in [3.8, 4) is 0 Å². The van der Waals surface area contributed by atoms with Crippen molar-refractivity contribution in [2.75, 3.05) is 6.54 Å². The molecule has 1 amide bonds. The maximum atomic E-state index is 11.8. The lowest BCUT2D eigenvalue weighted by atomic mass is 9.97. The molecule has 17 heavy (non-hydrogen) atoms. The molecule has 0 bridgehead atoms. The van der Waals surface area contributed by atoms with Crippen LogP contribution in [-0.2, 0) is 14.4 Å². The second-order valence-electron chi connectivity index (χ2n) is 5.29. The van der Waals surface area contributed by atoms with Gasteiger partial charge in [0, 0.05) is 6.54 Å². The summed E-state index contributed by atoms with van der Waals surface area (Å²) in [4.78, 5) is 28.6. The zero-order valence-electron chi connectivity index (χ0n) is 10.7. The molecule has 0 radical (unpaired) electrons. The van der Waals surface area contributed by atoms with Crippen molar-refractivity contribution in [2.24, 2.45) is 11.3 Å². The lowest BCUT2D eigenvalue weighted by molar-refractivity contribution is -0.216. The number of hydrogen-bond donors (Lipinski definition) is 2. The van der Waals surface area contributed by atoms with Crippen molar-refractivity contribution in [3.63, 3.8) is 0 Å². The van der Waals surface area contributed by atoms with Gasteiger partial charge in [0.1, 0.15) is 6.04 Å². The van der Waals surface area contributed by atoms with Crippen LogP contribution in [0.2, 0.25) is 0 Å². The second kappa shape index (κ2) is 5.46. The van der Waals surface area contributed by atoms with Gasteiger partial charge in [-0.3, -0.25) is 10.2 Å². The second-order valence-corrected chi connectivity index (χ2v) is 5.29. The first kappa shape index (κ1) is 13.9. The maximum Gasteiger partial charge on any atom is 0.330 e. The summed E-state index contributed by atoms with van der Waals surface area (Å²) in [6, 6.07) is -0.472. The van der Waals surface area contributed by atoms with Gasteiger partial charge in [-0.05, 0) is 40.0 Å². The largest absolute Gasteiger partial charge is 0.367 e. The number of hydrogen-bond acceptors (Lipinski definition) is 5. The molecule has 0 aliphatic carbocycles. The third-order valence-corrected chi connectivity index (χ3v) is 2.71. The van der Waals surface area contributed by atoms with E-state index in [4.69, 9.17) is 10.7 Å². The monoisotopic (exact) mass is 243 g/mol. The van der Waals surface area contributed by atoms with E-state index in [1.165, 1.54) is 5.06 Å². The first-order valence-corrected chi connectivity index (χ1v) is 5.85. The van der Waals surface area contributed by atoms with Gasteiger partial charge in [0.25, 0.3) is 5.91 Å². The smallest absolute Gasteiger partial charge is 0.330 e. The molecule has 0 spiro atoms. The van der Waals surface area contributed by atoms with Crippen LogP contribution in [0.15, 0.2) is 0 Å². The lowest BCUT2D eigenvalue weighted by Crippen LogP contribution is -2.52. The Morgan fingerprint density at radius 1 is 1.35 bits per heavy atom. The molecular weight excluding hydrogens is 222 g/mol. The zero-order chi connectivity index (χ0) is 13.1. The van der Waals surface area contributed by atoms with Crippen molar-refractivity contribution in [2.45, 2.75) is 46.1 Å². The van der Waals surface area contributed by atoms with Gasteiger partial charge in [-0.1, -0.05) is 0 Å². The first-order chi connectivity index (χ1) is 7.86. The van der Waals surface area contributed by atoms with E-state index in [2.05, 4.69) is 5.43 Å². The Kier molecular flexibility index (Phi) is 4.47. The summed E-state index contributed by atoms with van der Waals surface area (Å²) in [5.74, 6) is 4.46. The van der Waals surface area contributed by atoms with Crippen LogP contribution in [0, 0.1) is 5.41 Å². The number of nitrogens with zero attached hydrogens (tertiary/aromatic N) is 1. The third kappa shape index (κ3) is 3.67. The number of hydrazine groups is 1. The Balaban J connectivity index is 2.66. The number of hydroxylamine groups is 2. The van der Waals surface area contributed by atoms with Crippen molar-refractivity contribution in [1.82, 2.24) is 10.5 Å². The van der Waals surface area contributed by atoms with Crippen LogP contribution < -0.4 is 11.3 Å². The van der Waals surface area contributed by atoms with Crippen LogP contribution in [0.5, 0.6) is 0 Å². The molecule has 1 unspecified atom stereocenters. The highest BCUT2D eigenvalue weighted by Gasteiger charge is 2.34. The summed E-state index contributed by atoms with van der Waals surface area (Å²) in [6.07, 6.45) is 2.49. The van der Waals surface area contributed by atoms with Gasteiger partial charge >= 0.3 is 5.97 Å². The van der Waals surface area contributed by atoms with Gasteiger partial charge in [-0.2, -0.15) is 0 Å². The van der Waals surface area contributed by atoms with Gasteiger partial charge in [-0.25, -0.2) is 10.6 Å². The average molecular weight is 243 g/mol. The van der Waals surface area contributed by atoms with E-state index in [1.807, 2.05) is 0 Å². The average Bonchev–Trinajstić information content (AvgIpc) is 2.27. The summed E-state index contributed by atoms with van der Waals surface area (Å²) in [5, 5.41) is 1.44. The minimum absolute atomic E-state index is 0.314. The molecule has 0 aromatic heterocycles. The number of rotatable bonds is 2. The quantitative estimate of drug-likeness (QED) is 0.415. The van der Waals surface area contributed by atoms with Crippen molar-refractivity contribution >= 4 is 11.9 Å². The van der Waals surface area contributed by atoms with E-state index in [0.29, 0.717) is 13.0 Å². The minimum atomic E-state index is -0.582. The summed E-state index contributed by atoms with van der Waals surface area (Å²) in [5.41, 5.74) is 1.52. The Hall–Kier alpha value is -1.14. The molecule has 1 fully saturated rings. The molecule has 0 aromatic rings. The number of carbonyl (C=O) groups is 2. The van der Waals surface area contributed by atoms with Crippen LogP contribution in [0.3, 0.4) is 0 Å². The van der Waals surface area contributed by atoms with Gasteiger partial charge in [-0.15, -0.1) is 5.06 Å². The standard InChI is InChI=1S/C11H21N3O3/c1-11(2,3)10(16)17-14-7-5-4-6-8(14)9(15)13-12/h8H,4-7,12H2,1-3H3,(H,13,15). The van der Waals surface area contributed by atoms with Gasteiger partial charge < -0.3 is 4.84 Å². The molecule has 1 rings (SSSR count). The molecular formula is C11H21N3O3. The number of amides is 1. The number of nitrogens with one attached hydrogen (secondary N) is 1. The van der Waals surface area contributed by atoms with Crippen LogP contribution in [0.1, 0.15) is 40.0 Å². The fourth-order valence-corrected chi connectivity index (χ4v) is 1.62. The molecule has 6 nitrogen and oxygen atoms in total. The van der Waals surface area contributed by atoms with E-state index < -0.39 is 11.5 Å². The van der Waals surface area contributed by atoms with Crippen LogP contribution >= 0.6 is 0 Å². The first-order valence-electron chi connectivity index (χ1n) is 5.85. The highest BCUT2D eigenvalue weighted by molar-refractivity contribution is 5.81. The third-order valence-electron chi connectivity index (χ3n) is 2.71. The molecule has 1 heterocycles. The molecule has 0 saturated carbocycles. The number of carbonyl (C=O) groups excluding carboxylic acids is 2. The Morgan fingerprint density at radius 2 is 2.00 bits per heavy atom. The van der Waals surface area contributed by atoms with E-state index in [-0.39, 0.29) is 11.9 Å². The van der Waals surface area contributed by atoms with Crippen molar-refractivity contribution in [3.05, 3.63) is 0 Å². The predicted octanol–water partition coefficient (Wildman–Crippen LogP) is 0.335. The van der Waals surface area contributed by atoms with Crippen molar-refractivity contribution < 1.29 is 14.4 Å². The fraction of sp³-hybridized carbons (Fsp3) is 0.818. The number of piperidine rings is 1. The fourth-order valence-electron chi connectivity index (χ4n) is 1.62. The summed E-state index contributed by atoms with van der Waals surface area (Å²) in [7, 11) is 0. The molecule has 3 N–H and O–H groups in total. The molecule has 1 atom stereocenters. The molecule has 1 aliphatic heterocycles. The Bertz CT molecular complexity index is 299. The van der Waals surface area contributed by atoms with Crippen LogP contribution in [0.25, 0.3) is 0 Å². The SMILES string of the molecule is CC(C)(C)C(=O)ON1CCCCC1C(=O)NN. The Labute approximate surface area is 101 Å². The van der Waals surface area contributed by atoms with Gasteiger partial charge in [0.15, 0.2) is 0 Å². The molecule has 6 heteroatoms. The van der Waals surface area contributed by atoms with E-state index in [1.54, 1.807) is 20.8 Å². The molecule has 98 valence electrons. The van der Waals surface area contributed by atoms with Crippen LogP contribution in [-0.4, -0.2) is 29.5 Å². The predicted molar refractivity (Wildman–Crippen MR) is 62.2 cm³/mol.